The average Bonchev–Trinajstić information content (AvgIpc) is 3.24. The van der Waals surface area contributed by atoms with Gasteiger partial charge in [-0.3, -0.25) is 9.88 Å². The number of benzene rings is 2. The van der Waals surface area contributed by atoms with Crippen molar-refractivity contribution in [3.05, 3.63) is 95.7 Å². The van der Waals surface area contributed by atoms with Crippen molar-refractivity contribution in [3.63, 3.8) is 0 Å². The van der Waals surface area contributed by atoms with Crippen LogP contribution in [0.15, 0.2) is 79.0 Å². The van der Waals surface area contributed by atoms with Crippen molar-refractivity contribution in [1.82, 2.24) is 9.88 Å². The Bertz CT molecular complexity index is 919. The van der Waals surface area contributed by atoms with Crippen molar-refractivity contribution in [2.24, 2.45) is 0 Å². The molecule has 2 heterocycles. The molecule has 3 aromatic rings. The average molecular weight is 370 g/mol. The van der Waals surface area contributed by atoms with E-state index in [1.54, 1.807) is 0 Å². The van der Waals surface area contributed by atoms with Gasteiger partial charge in [0.25, 0.3) is 0 Å². The molecule has 2 aromatic carbocycles. The summed E-state index contributed by atoms with van der Waals surface area (Å²) in [5, 5.41) is 9.21. The van der Waals surface area contributed by atoms with Crippen molar-refractivity contribution in [3.8, 4) is 11.3 Å². The zero-order valence-corrected chi connectivity index (χ0v) is 16.0. The molecule has 1 saturated heterocycles. The van der Waals surface area contributed by atoms with E-state index in [0.29, 0.717) is 5.92 Å². The zero-order valence-electron chi connectivity index (χ0n) is 16.0. The molecule has 0 amide bonds. The first-order chi connectivity index (χ1) is 13.8. The molecule has 1 aliphatic rings. The molecular formula is C25H26N2O. The van der Waals surface area contributed by atoms with Gasteiger partial charge in [0, 0.05) is 24.8 Å². The highest BCUT2D eigenvalue weighted by atomic mass is 16.3. The summed E-state index contributed by atoms with van der Waals surface area (Å²) in [6.07, 6.45) is 7.57. The third-order valence-electron chi connectivity index (χ3n) is 5.43. The van der Waals surface area contributed by atoms with E-state index in [0.717, 1.165) is 36.5 Å². The van der Waals surface area contributed by atoms with Gasteiger partial charge in [0.1, 0.15) is 0 Å². The molecule has 0 spiro atoms. The van der Waals surface area contributed by atoms with Gasteiger partial charge in [-0.15, -0.1) is 0 Å². The fraction of sp³-hybridized carbons (Fsp3) is 0.240. The summed E-state index contributed by atoms with van der Waals surface area (Å²) in [7, 11) is 0. The van der Waals surface area contributed by atoms with Crippen LogP contribution in [0, 0.1) is 0 Å². The Morgan fingerprint density at radius 2 is 1.86 bits per heavy atom. The maximum Gasteiger partial charge on any atom is 0.0704 e. The highest BCUT2D eigenvalue weighted by Crippen LogP contribution is 2.29. The molecule has 142 valence electrons. The Labute approximate surface area is 167 Å². The predicted octanol–water partition coefficient (Wildman–Crippen LogP) is 4.74. The molecule has 28 heavy (non-hydrogen) atoms. The molecule has 4 rings (SSSR count). The van der Waals surface area contributed by atoms with Gasteiger partial charge >= 0.3 is 0 Å². The van der Waals surface area contributed by atoms with Gasteiger partial charge < -0.3 is 5.11 Å². The van der Waals surface area contributed by atoms with E-state index in [4.69, 9.17) is 0 Å². The summed E-state index contributed by atoms with van der Waals surface area (Å²) < 4.78 is 0. The third-order valence-corrected chi connectivity index (χ3v) is 5.43. The van der Waals surface area contributed by atoms with E-state index >= 15 is 0 Å². The minimum atomic E-state index is 0.0738. The van der Waals surface area contributed by atoms with Crippen molar-refractivity contribution < 1.29 is 5.11 Å². The highest BCUT2D eigenvalue weighted by molar-refractivity contribution is 5.60. The second-order valence-corrected chi connectivity index (χ2v) is 7.39. The van der Waals surface area contributed by atoms with Gasteiger partial charge in [-0.25, -0.2) is 0 Å². The number of nitrogens with zero attached hydrogens (tertiary/aromatic N) is 2. The fourth-order valence-electron chi connectivity index (χ4n) is 3.81. The molecule has 1 aromatic heterocycles. The molecule has 1 atom stereocenters. The maximum absolute atomic E-state index is 9.21. The van der Waals surface area contributed by atoms with E-state index in [1.165, 1.54) is 17.5 Å². The number of hydrogen-bond acceptors (Lipinski definition) is 3. The summed E-state index contributed by atoms with van der Waals surface area (Å²) in [6, 6.07) is 22.8. The standard InChI is InChI=1S/C25H26N2O/c28-19-21-8-10-22(11-9-21)25-17-23(12-14-26-25)24-13-16-27(18-24)15-4-7-20-5-2-1-3-6-20/h1-12,14,17,24,28H,13,15-16,18-19H2/b7-4+. The van der Waals surface area contributed by atoms with Crippen LogP contribution in [-0.4, -0.2) is 34.6 Å². The van der Waals surface area contributed by atoms with E-state index < -0.39 is 0 Å². The molecule has 0 bridgehead atoms. The number of rotatable bonds is 6. The van der Waals surface area contributed by atoms with Crippen LogP contribution in [-0.2, 0) is 6.61 Å². The number of aliphatic hydroxyl groups is 1. The van der Waals surface area contributed by atoms with Crippen LogP contribution in [0.3, 0.4) is 0 Å². The van der Waals surface area contributed by atoms with E-state index in [1.807, 2.05) is 36.5 Å². The summed E-state index contributed by atoms with van der Waals surface area (Å²) in [6.45, 7) is 3.29. The lowest BCUT2D eigenvalue weighted by atomic mass is 9.97. The number of aliphatic hydroxyl groups excluding tert-OH is 1. The van der Waals surface area contributed by atoms with Crippen molar-refractivity contribution in [2.45, 2.75) is 18.9 Å². The Balaban J connectivity index is 1.39. The number of aromatic nitrogens is 1. The summed E-state index contributed by atoms with van der Waals surface area (Å²) in [5.41, 5.74) is 5.65. The van der Waals surface area contributed by atoms with Gasteiger partial charge in [0.2, 0.25) is 0 Å². The minimum Gasteiger partial charge on any atom is -0.392 e. The summed E-state index contributed by atoms with van der Waals surface area (Å²) in [4.78, 5) is 7.07. The second-order valence-electron chi connectivity index (χ2n) is 7.39. The van der Waals surface area contributed by atoms with Gasteiger partial charge in [-0.05, 0) is 47.7 Å². The van der Waals surface area contributed by atoms with E-state index in [2.05, 4.69) is 58.4 Å². The van der Waals surface area contributed by atoms with Crippen LogP contribution in [0.5, 0.6) is 0 Å². The lowest BCUT2D eigenvalue weighted by Crippen LogP contribution is -2.20. The molecular weight excluding hydrogens is 344 g/mol. The lowest BCUT2D eigenvalue weighted by Gasteiger charge is -2.14. The summed E-state index contributed by atoms with van der Waals surface area (Å²) >= 11 is 0. The third kappa shape index (κ3) is 4.56. The molecule has 1 aliphatic heterocycles. The number of likely N-dealkylation sites (tertiary alicyclic amines) is 1. The first-order valence-electron chi connectivity index (χ1n) is 9.92. The molecule has 1 fully saturated rings. The van der Waals surface area contributed by atoms with Crippen molar-refractivity contribution in [2.75, 3.05) is 19.6 Å². The normalized spacial score (nSPS) is 17.4. The van der Waals surface area contributed by atoms with Crippen molar-refractivity contribution in [1.29, 1.82) is 0 Å². The molecule has 3 heteroatoms. The first-order valence-corrected chi connectivity index (χ1v) is 9.92. The van der Waals surface area contributed by atoms with Crippen LogP contribution in [0.1, 0.15) is 29.0 Å². The van der Waals surface area contributed by atoms with Gasteiger partial charge in [-0.1, -0.05) is 66.7 Å². The van der Waals surface area contributed by atoms with Gasteiger partial charge in [0.05, 0.1) is 12.3 Å². The van der Waals surface area contributed by atoms with Crippen LogP contribution >= 0.6 is 0 Å². The smallest absolute Gasteiger partial charge is 0.0704 e. The Morgan fingerprint density at radius 1 is 1.04 bits per heavy atom. The van der Waals surface area contributed by atoms with E-state index in [-0.39, 0.29) is 6.61 Å². The fourth-order valence-corrected chi connectivity index (χ4v) is 3.81. The molecule has 0 radical (unpaired) electrons. The Hall–Kier alpha value is -2.75. The van der Waals surface area contributed by atoms with Gasteiger partial charge in [-0.2, -0.15) is 0 Å². The van der Waals surface area contributed by atoms with Gasteiger partial charge in [0.15, 0.2) is 0 Å². The molecule has 0 saturated carbocycles. The minimum absolute atomic E-state index is 0.0738. The summed E-state index contributed by atoms with van der Waals surface area (Å²) in [5.74, 6) is 0.559. The monoisotopic (exact) mass is 370 g/mol. The van der Waals surface area contributed by atoms with Crippen LogP contribution in [0.25, 0.3) is 17.3 Å². The number of pyridine rings is 1. The molecule has 1 N–H and O–H groups in total. The SMILES string of the molecule is OCc1ccc(-c2cc(C3CCN(C/C=C/c4ccccc4)C3)ccn2)cc1. The number of hydrogen-bond donors (Lipinski definition) is 1. The first kappa shape index (κ1) is 18.6. The Morgan fingerprint density at radius 3 is 2.64 bits per heavy atom. The predicted molar refractivity (Wildman–Crippen MR) is 115 cm³/mol. The topological polar surface area (TPSA) is 36.4 Å². The van der Waals surface area contributed by atoms with Crippen LogP contribution < -0.4 is 0 Å². The molecule has 0 aliphatic carbocycles. The van der Waals surface area contributed by atoms with Crippen molar-refractivity contribution >= 4 is 6.08 Å². The largest absolute Gasteiger partial charge is 0.392 e. The highest BCUT2D eigenvalue weighted by Gasteiger charge is 2.23. The second kappa shape index (κ2) is 8.96. The quantitative estimate of drug-likeness (QED) is 0.681. The van der Waals surface area contributed by atoms with Crippen LogP contribution in [0.4, 0.5) is 0 Å². The molecule has 3 nitrogen and oxygen atoms in total. The maximum atomic E-state index is 9.21. The zero-order chi connectivity index (χ0) is 19.2. The van der Waals surface area contributed by atoms with Crippen LogP contribution in [0.2, 0.25) is 0 Å². The van der Waals surface area contributed by atoms with E-state index in [9.17, 15) is 5.11 Å². The lowest BCUT2D eigenvalue weighted by molar-refractivity contribution is 0.282. The molecule has 1 unspecified atom stereocenters. The Kier molecular flexibility index (Phi) is 5.95.